The topological polar surface area (TPSA) is 91.1 Å². The largest absolute Gasteiger partial charge is 0.475 e. The second kappa shape index (κ2) is 5.78. The van der Waals surface area contributed by atoms with Crippen molar-refractivity contribution in [2.75, 3.05) is 27.2 Å². The van der Waals surface area contributed by atoms with Gasteiger partial charge in [0.15, 0.2) is 0 Å². The molecule has 7 nitrogen and oxygen atoms in total. The van der Waals surface area contributed by atoms with Crippen LogP contribution >= 0.6 is 0 Å². The molecule has 1 saturated heterocycles. The molecule has 8 heteroatoms. The Morgan fingerprint density at radius 2 is 1.95 bits per heavy atom. The molecule has 1 aromatic rings. The first-order chi connectivity index (χ1) is 9.73. The second-order valence-corrected chi connectivity index (χ2v) is 7.34. The average Bonchev–Trinajstić information content (AvgIpc) is 2.82. The smallest absolute Gasteiger partial charge is 0.371 e. The van der Waals surface area contributed by atoms with Gasteiger partial charge in [-0.2, -0.15) is 4.31 Å². The van der Waals surface area contributed by atoms with Crippen LogP contribution in [0.2, 0.25) is 0 Å². The number of carboxylic acid groups (broad SMARTS) is 1. The minimum atomic E-state index is -3.70. The van der Waals surface area contributed by atoms with Crippen molar-refractivity contribution in [1.29, 1.82) is 0 Å². The lowest BCUT2D eigenvalue weighted by Gasteiger charge is -2.34. The van der Waals surface area contributed by atoms with Crippen LogP contribution in [0.25, 0.3) is 0 Å². The van der Waals surface area contributed by atoms with Crippen LogP contribution in [0.4, 0.5) is 0 Å². The van der Waals surface area contributed by atoms with Crippen molar-refractivity contribution in [3.05, 3.63) is 17.6 Å². The van der Waals surface area contributed by atoms with E-state index in [9.17, 15) is 13.2 Å². The predicted octanol–water partition coefficient (Wildman–Crippen LogP) is 1.00. The van der Waals surface area contributed by atoms with Gasteiger partial charge in [-0.15, -0.1) is 0 Å². The highest BCUT2D eigenvalue weighted by atomic mass is 32.2. The Morgan fingerprint density at radius 1 is 1.38 bits per heavy atom. The Hall–Kier alpha value is -1.38. The molecule has 0 atom stereocenters. The average molecular weight is 316 g/mol. The first-order valence-electron chi connectivity index (χ1n) is 6.73. The molecule has 0 saturated carbocycles. The molecule has 1 aliphatic heterocycles. The Balaban J connectivity index is 2.21. The van der Waals surface area contributed by atoms with Gasteiger partial charge in [-0.1, -0.05) is 0 Å². The fraction of sp³-hybridized carbons (Fsp3) is 0.615. The summed E-state index contributed by atoms with van der Waals surface area (Å²) in [6.45, 7) is 2.32. The van der Waals surface area contributed by atoms with Crippen molar-refractivity contribution in [3.8, 4) is 0 Å². The lowest BCUT2D eigenvalue weighted by Crippen LogP contribution is -2.44. The molecule has 21 heavy (non-hydrogen) atoms. The van der Waals surface area contributed by atoms with Crippen LogP contribution in [0.3, 0.4) is 0 Å². The maximum absolute atomic E-state index is 12.6. The first-order valence-corrected chi connectivity index (χ1v) is 8.18. The standard InChI is InChI=1S/C13H20N2O5S/c1-9-12(8-11(20-9)13(16)17)21(18,19)15-6-4-10(5-7-15)14(2)3/h8,10H,4-7H2,1-3H3,(H,16,17). The van der Waals surface area contributed by atoms with Crippen LogP contribution in [-0.4, -0.2) is 61.9 Å². The quantitative estimate of drug-likeness (QED) is 0.891. The zero-order valence-corrected chi connectivity index (χ0v) is 13.2. The summed E-state index contributed by atoms with van der Waals surface area (Å²) in [6.07, 6.45) is 1.52. The second-order valence-electron chi connectivity index (χ2n) is 5.44. The van der Waals surface area contributed by atoms with Crippen LogP contribution in [0, 0.1) is 6.92 Å². The molecule has 1 aliphatic rings. The summed E-state index contributed by atoms with van der Waals surface area (Å²) in [5.74, 6) is -1.51. The highest BCUT2D eigenvalue weighted by Crippen LogP contribution is 2.26. The fourth-order valence-electron chi connectivity index (χ4n) is 2.56. The Bertz CT molecular complexity index is 627. The molecular formula is C13H20N2O5S. The van der Waals surface area contributed by atoms with Crippen molar-refractivity contribution in [3.63, 3.8) is 0 Å². The van der Waals surface area contributed by atoms with E-state index in [0.717, 1.165) is 18.9 Å². The fourth-order valence-corrected chi connectivity index (χ4v) is 4.20. The van der Waals surface area contributed by atoms with Crippen molar-refractivity contribution in [2.45, 2.75) is 30.7 Å². The molecule has 0 aliphatic carbocycles. The summed E-state index contributed by atoms with van der Waals surface area (Å²) in [7, 11) is 0.264. The SMILES string of the molecule is Cc1oc(C(=O)O)cc1S(=O)(=O)N1CCC(N(C)C)CC1. The van der Waals surface area contributed by atoms with E-state index in [-0.39, 0.29) is 16.4 Å². The third-order valence-corrected chi connectivity index (χ3v) is 5.86. The molecule has 0 radical (unpaired) electrons. The number of hydrogen-bond donors (Lipinski definition) is 1. The summed E-state index contributed by atoms with van der Waals surface area (Å²) in [4.78, 5) is 12.9. The van der Waals surface area contributed by atoms with Crippen molar-refractivity contribution >= 4 is 16.0 Å². The van der Waals surface area contributed by atoms with Crippen molar-refractivity contribution < 1.29 is 22.7 Å². The number of sulfonamides is 1. The number of piperidine rings is 1. The van der Waals surface area contributed by atoms with Crippen molar-refractivity contribution in [1.82, 2.24) is 9.21 Å². The lowest BCUT2D eigenvalue weighted by atomic mass is 10.1. The van der Waals surface area contributed by atoms with E-state index >= 15 is 0 Å². The summed E-state index contributed by atoms with van der Waals surface area (Å²) in [5.41, 5.74) is 0. The molecule has 2 rings (SSSR count). The Morgan fingerprint density at radius 3 is 2.38 bits per heavy atom. The highest BCUT2D eigenvalue weighted by Gasteiger charge is 2.33. The summed E-state index contributed by atoms with van der Waals surface area (Å²) in [5, 5.41) is 8.89. The Kier molecular flexibility index (Phi) is 4.40. The molecule has 2 heterocycles. The summed E-state index contributed by atoms with van der Waals surface area (Å²) in [6, 6.07) is 1.46. The van der Waals surface area contributed by atoms with Crippen LogP contribution in [0.15, 0.2) is 15.4 Å². The molecule has 1 N–H and O–H groups in total. The van der Waals surface area contributed by atoms with Gasteiger partial charge in [0.1, 0.15) is 10.7 Å². The van der Waals surface area contributed by atoms with Gasteiger partial charge in [0.2, 0.25) is 15.8 Å². The number of nitrogens with zero attached hydrogens (tertiary/aromatic N) is 2. The van der Waals surface area contributed by atoms with Gasteiger partial charge >= 0.3 is 5.97 Å². The van der Waals surface area contributed by atoms with Crippen LogP contribution in [-0.2, 0) is 10.0 Å². The highest BCUT2D eigenvalue weighted by molar-refractivity contribution is 7.89. The number of aryl methyl sites for hydroxylation is 1. The number of furan rings is 1. The van der Waals surface area contributed by atoms with Crippen LogP contribution < -0.4 is 0 Å². The maximum atomic E-state index is 12.6. The van der Waals surface area contributed by atoms with Gasteiger partial charge in [-0.25, -0.2) is 13.2 Å². The molecule has 1 aromatic heterocycles. The number of aromatic carboxylic acids is 1. The monoisotopic (exact) mass is 316 g/mol. The van der Waals surface area contributed by atoms with Gasteiger partial charge in [-0.3, -0.25) is 0 Å². The number of carbonyl (C=O) groups is 1. The molecule has 0 aromatic carbocycles. The first kappa shape index (κ1) is 16.0. The van der Waals surface area contributed by atoms with Crippen molar-refractivity contribution in [2.24, 2.45) is 0 Å². The van der Waals surface area contributed by atoms with Gasteiger partial charge in [-0.05, 0) is 33.9 Å². The van der Waals surface area contributed by atoms with Gasteiger partial charge in [0.25, 0.3) is 0 Å². The van der Waals surface area contributed by atoms with E-state index in [1.54, 1.807) is 0 Å². The van der Waals surface area contributed by atoms with E-state index < -0.39 is 16.0 Å². The normalized spacial score (nSPS) is 18.3. The Labute approximate surface area is 124 Å². The number of carboxylic acids is 1. The predicted molar refractivity (Wildman–Crippen MR) is 75.9 cm³/mol. The number of hydrogen-bond acceptors (Lipinski definition) is 5. The van der Waals surface area contributed by atoms with E-state index in [2.05, 4.69) is 4.90 Å². The van der Waals surface area contributed by atoms with Crippen LogP contribution in [0.1, 0.15) is 29.2 Å². The number of rotatable bonds is 4. The zero-order valence-electron chi connectivity index (χ0n) is 12.4. The molecule has 0 unspecified atom stereocenters. The zero-order chi connectivity index (χ0) is 15.8. The van der Waals surface area contributed by atoms with Gasteiger partial charge in [0.05, 0.1) is 0 Å². The minimum absolute atomic E-state index is 0.0526. The van der Waals surface area contributed by atoms with E-state index in [4.69, 9.17) is 9.52 Å². The van der Waals surface area contributed by atoms with Gasteiger partial charge < -0.3 is 14.4 Å². The van der Waals surface area contributed by atoms with Gasteiger partial charge in [0, 0.05) is 25.2 Å². The molecule has 0 spiro atoms. The van der Waals surface area contributed by atoms with E-state index in [1.807, 2.05) is 14.1 Å². The molecular weight excluding hydrogens is 296 g/mol. The molecule has 0 bridgehead atoms. The molecule has 1 fully saturated rings. The summed E-state index contributed by atoms with van der Waals surface area (Å²) < 4.78 is 31.6. The maximum Gasteiger partial charge on any atom is 0.371 e. The summed E-state index contributed by atoms with van der Waals surface area (Å²) >= 11 is 0. The third-order valence-electron chi connectivity index (χ3n) is 3.85. The van der Waals surface area contributed by atoms with Crippen LogP contribution in [0.5, 0.6) is 0 Å². The van der Waals surface area contributed by atoms with E-state index in [0.29, 0.717) is 19.1 Å². The lowest BCUT2D eigenvalue weighted by molar-refractivity contribution is 0.0661. The van der Waals surface area contributed by atoms with E-state index in [1.165, 1.54) is 11.2 Å². The third kappa shape index (κ3) is 3.12. The minimum Gasteiger partial charge on any atom is -0.475 e. The molecule has 0 amide bonds. The molecule has 118 valence electrons.